The molecule has 22 heavy (non-hydrogen) atoms. The average molecular weight is 314 g/mol. The molecule has 0 bridgehead atoms. The Kier molecular flexibility index (Phi) is 11.1. The summed E-state index contributed by atoms with van der Waals surface area (Å²) in [5.41, 5.74) is 5.67. The molecule has 0 atom stereocenters. The summed E-state index contributed by atoms with van der Waals surface area (Å²) in [6.07, 6.45) is 9.64. The molecule has 2 heterocycles. The zero-order valence-corrected chi connectivity index (χ0v) is 15.2. The normalized spacial score (nSPS) is 22.4. The summed E-state index contributed by atoms with van der Waals surface area (Å²) in [4.78, 5) is 4.91. The van der Waals surface area contributed by atoms with Crippen LogP contribution in [-0.4, -0.2) is 61.4 Å². The van der Waals surface area contributed by atoms with E-state index in [0.29, 0.717) is 18.9 Å². The number of piperidine rings is 2. The number of nitrogens with zero attached hydrogens (tertiary/aromatic N) is 2. The van der Waals surface area contributed by atoms with Crippen LogP contribution in [0.5, 0.6) is 0 Å². The topological polar surface area (TPSA) is 41.7 Å². The summed E-state index contributed by atoms with van der Waals surface area (Å²) in [5.74, 6) is 0. The Hall–Kier alpha value is -0.160. The highest BCUT2D eigenvalue weighted by Gasteiger charge is 2.25. The monoisotopic (exact) mass is 313 g/mol. The van der Waals surface area contributed by atoms with E-state index in [9.17, 15) is 0 Å². The van der Waals surface area contributed by atoms with Gasteiger partial charge in [-0.25, -0.2) is 0 Å². The SMILES string of the molecule is CCC.CCCCN1CCC(OC2CCN(CN)CC2)CC1. The Balaban J connectivity index is 0.000000745. The second kappa shape index (κ2) is 12.3. The lowest BCUT2D eigenvalue weighted by atomic mass is 10.0. The molecule has 0 aromatic rings. The lowest BCUT2D eigenvalue weighted by Crippen LogP contribution is -2.43. The third kappa shape index (κ3) is 7.91. The van der Waals surface area contributed by atoms with Crippen molar-refractivity contribution in [2.75, 3.05) is 39.4 Å². The number of hydrogen-bond donors (Lipinski definition) is 1. The Morgan fingerprint density at radius 3 is 1.73 bits per heavy atom. The minimum absolute atomic E-state index is 0.481. The van der Waals surface area contributed by atoms with E-state index in [-0.39, 0.29) is 0 Å². The van der Waals surface area contributed by atoms with Gasteiger partial charge in [-0.3, -0.25) is 4.90 Å². The van der Waals surface area contributed by atoms with Crippen molar-refractivity contribution in [3.63, 3.8) is 0 Å². The van der Waals surface area contributed by atoms with Gasteiger partial charge < -0.3 is 15.4 Å². The van der Waals surface area contributed by atoms with Gasteiger partial charge in [0.05, 0.1) is 12.2 Å². The van der Waals surface area contributed by atoms with Gasteiger partial charge in [0.1, 0.15) is 0 Å². The van der Waals surface area contributed by atoms with Crippen LogP contribution < -0.4 is 5.73 Å². The maximum atomic E-state index is 6.28. The first-order valence-electron chi connectivity index (χ1n) is 9.53. The molecule has 2 rings (SSSR count). The van der Waals surface area contributed by atoms with Gasteiger partial charge in [0.15, 0.2) is 0 Å². The van der Waals surface area contributed by atoms with Gasteiger partial charge in [-0.1, -0.05) is 33.6 Å². The van der Waals surface area contributed by atoms with Gasteiger partial charge in [0, 0.05) is 32.8 Å². The standard InChI is InChI=1S/C15H31N3O.C3H8/c1-2-3-8-17-9-4-14(5-10-17)19-15-6-11-18(13-16)12-7-15;1-3-2/h14-15H,2-13,16H2,1H3;3H2,1-2H3. The number of unbranched alkanes of at least 4 members (excludes halogenated alkanes) is 1. The Morgan fingerprint density at radius 2 is 1.32 bits per heavy atom. The molecule has 4 heteroatoms. The summed E-state index contributed by atoms with van der Waals surface area (Å²) in [6, 6.07) is 0. The number of ether oxygens (including phenoxy) is 1. The predicted octanol–water partition coefficient (Wildman–Crippen LogP) is 3.06. The van der Waals surface area contributed by atoms with Crippen LogP contribution in [0.4, 0.5) is 0 Å². The van der Waals surface area contributed by atoms with E-state index in [2.05, 4.69) is 30.6 Å². The quantitative estimate of drug-likeness (QED) is 0.818. The second-order valence-electron chi connectivity index (χ2n) is 6.74. The number of hydrogen-bond acceptors (Lipinski definition) is 4. The third-order valence-electron chi connectivity index (χ3n) is 4.54. The Labute approximate surface area is 138 Å². The molecule has 0 aromatic carbocycles. The summed E-state index contributed by atoms with van der Waals surface area (Å²) < 4.78 is 6.28. The molecular formula is C18H39N3O. The second-order valence-corrected chi connectivity index (χ2v) is 6.74. The van der Waals surface area contributed by atoms with Gasteiger partial charge in [0.2, 0.25) is 0 Å². The first kappa shape index (κ1) is 19.9. The van der Waals surface area contributed by atoms with E-state index in [1.165, 1.54) is 51.7 Å². The van der Waals surface area contributed by atoms with Crippen molar-refractivity contribution >= 4 is 0 Å². The van der Waals surface area contributed by atoms with Crippen LogP contribution in [-0.2, 0) is 4.74 Å². The first-order valence-corrected chi connectivity index (χ1v) is 9.53. The van der Waals surface area contributed by atoms with E-state index < -0.39 is 0 Å². The molecule has 4 nitrogen and oxygen atoms in total. The predicted molar refractivity (Wildman–Crippen MR) is 95.1 cm³/mol. The zero-order valence-electron chi connectivity index (χ0n) is 15.2. The van der Waals surface area contributed by atoms with Gasteiger partial charge in [-0.05, 0) is 38.6 Å². The van der Waals surface area contributed by atoms with Crippen molar-refractivity contribution < 1.29 is 4.74 Å². The van der Waals surface area contributed by atoms with Crippen LogP contribution in [0, 0.1) is 0 Å². The molecule has 2 aliphatic rings. The number of likely N-dealkylation sites (tertiary alicyclic amines) is 2. The van der Waals surface area contributed by atoms with Crippen molar-refractivity contribution in [2.24, 2.45) is 5.73 Å². The van der Waals surface area contributed by atoms with Gasteiger partial charge in [0.25, 0.3) is 0 Å². The molecule has 0 saturated carbocycles. The minimum atomic E-state index is 0.481. The lowest BCUT2D eigenvalue weighted by molar-refractivity contribution is -0.0647. The van der Waals surface area contributed by atoms with Crippen molar-refractivity contribution in [3.05, 3.63) is 0 Å². The van der Waals surface area contributed by atoms with Gasteiger partial charge in [-0.15, -0.1) is 0 Å². The lowest BCUT2D eigenvalue weighted by Gasteiger charge is -2.36. The molecule has 132 valence electrons. The van der Waals surface area contributed by atoms with E-state index in [4.69, 9.17) is 10.5 Å². The Bertz CT molecular complexity index is 247. The van der Waals surface area contributed by atoms with E-state index >= 15 is 0 Å². The first-order chi connectivity index (χ1) is 10.7. The van der Waals surface area contributed by atoms with Crippen LogP contribution in [0.25, 0.3) is 0 Å². The summed E-state index contributed by atoms with van der Waals surface area (Å²) in [7, 11) is 0. The Morgan fingerprint density at radius 1 is 0.864 bits per heavy atom. The maximum absolute atomic E-state index is 6.28. The average Bonchev–Trinajstić information content (AvgIpc) is 2.56. The number of nitrogens with two attached hydrogens (primary N) is 1. The zero-order chi connectivity index (χ0) is 16.2. The van der Waals surface area contributed by atoms with Crippen molar-refractivity contribution in [1.29, 1.82) is 0 Å². The molecule has 2 N–H and O–H groups in total. The smallest absolute Gasteiger partial charge is 0.0603 e. The third-order valence-corrected chi connectivity index (χ3v) is 4.54. The van der Waals surface area contributed by atoms with Crippen LogP contribution in [0.1, 0.15) is 65.7 Å². The van der Waals surface area contributed by atoms with E-state index in [0.717, 1.165) is 25.9 Å². The van der Waals surface area contributed by atoms with Crippen molar-refractivity contribution in [2.45, 2.75) is 77.9 Å². The van der Waals surface area contributed by atoms with E-state index in [1.807, 2.05) is 0 Å². The fourth-order valence-electron chi connectivity index (χ4n) is 3.15. The van der Waals surface area contributed by atoms with Crippen LogP contribution >= 0.6 is 0 Å². The molecule has 2 saturated heterocycles. The number of rotatable bonds is 6. The van der Waals surface area contributed by atoms with E-state index in [1.54, 1.807) is 0 Å². The summed E-state index contributed by atoms with van der Waals surface area (Å²) in [5, 5.41) is 0. The fraction of sp³-hybridized carbons (Fsp3) is 1.00. The van der Waals surface area contributed by atoms with Crippen molar-refractivity contribution in [1.82, 2.24) is 9.80 Å². The molecular weight excluding hydrogens is 274 g/mol. The maximum Gasteiger partial charge on any atom is 0.0603 e. The summed E-state index contributed by atoms with van der Waals surface area (Å²) >= 11 is 0. The molecule has 0 amide bonds. The molecule has 0 spiro atoms. The molecule has 0 radical (unpaired) electrons. The molecule has 0 aliphatic carbocycles. The summed E-state index contributed by atoms with van der Waals surface area (Å²) in [6.45, 7) is 13.2. The highest BCUT2D eigenvalue weighted by atomic mass is 16.5. The van der Waals surface area contributed by atoms with Crippen LogP contribution in [0.2, 0.25) is 0 Å². The highest BCUT2D eigenvalue weighted by Crippen LogP contribution is 2.20. The van der Waals surface area contributed by atoms with Gasteiger partial charge >= 0.3 is 0 Å². The van der Waals surface area contributed by atoms with Crippen LogP contribution in [0.3, 0.4) is 0 Å². The highest BCUT2D eigenvalue weighted by molar-refractivity contribution is 4.77. The van der Waals surface area contributed by atoms with Crippen molar-refractivity contribution in [3.8, 4) is 0 Å². The van der Waals surface area contributed by atoms with Crippen LogP contribution in [0.15, 0.2) is 0 Å². The molecule has 2 aliphatic heterocycles. The molecule has 2 fully saturated rings. The van der Waals surface area contributed by atoms with Gasteiger partial charge in [-0.2, -0.15) is 0 Å². The largest absolute Gasteiger partial charge is 0.375 e. The fourth-order valence-corrected chi connectivity index (χ4v) is 3.15. The molecule has 0 unspecified atom stereocenters. The minimum Gasteiger partial charge on any atom is -0.375 e. The molecule has 0 aromatic heterocycles.